The second-order valence-electron chi connectivity index (χ2n) is 6.54. The maximum Gasteiger partial charge on any atom is 0.259 e. The van der Waals surface area contributed by atoms with Crippen LogP contribution in [0.15, 0.2) is 35.3 Å². The third kappa shape index (κ3) is 3.21. The number of aromatic nitrogens is 3. The zero-order valence-corrected chi connectivity index (χ0v) is 16.9. The number of ketones is 1. The number of Topliss-reactive ketones (excluding diaryl/α,β-unsaturated/α-hetero) is 1. The lowest BCUT2D eigenvalue weighted by atomic mass is 10.1. The second-order valence-corrected chi connectivity index (χ2v) is 9.07. The van der Waals surface area contributed by atoms with Crippen LogP contribution in [0.1, 0.15) is 33.5 Å². The van der Waals surface area contributed by atoms with Crippen LogP contribution in [0.5, 0.6) is 0 Å². The van der Waals surface area contributed by atoms with E-state index < -0.39 is 0 Å². The molecule has 0 spiro atoms. The standard InChI is InChI=1S/C20H19N3O2S2/c1-10-11(2)27-20-17(10)19(25)22-16(23-20)9-26-12(3)18(24)14-8-21-15-7-5-4-6-13(14)15/h4-8,12,21H,9H2,1-3H3,(H,22,23,25)/t12-/m0/s1. The number of thioether (sulfide) groups is 1. The zero-order valence-electron chi connectivity index (χ0n) is 15.3. The Kier molecular flexibility index (Phi) is 4.65. The highest BCUT2D eigenvalue weighted by Crippen LogP contribution is 2.28. The van der Waals surface area contributed by atoms with Crippen LogP contribution >= 0.6 is 23.1 Å². The van der Waals surface area contributed by atoms with Gasteiger partial charge in [-0.25, -0.2) is 4.98 Å². The molecule has 0 saturated heterocycles. The predicted molar refractivity (Wildman–Crippen MR) is 113 cm³/mol. The number of aromatic amines is 2. The summed E-state index contributed by atoms with van der Waals surface area (Å²) in [6.45, 7) is 5.84. The Morgan fingerprint density at radius 3 is 2.89 bits per heavy atom. The van der Waals surface area contributed by atoms with Gasteiger partial charge in [-0.1, -0.05) is 18.2 Å². The van der Waals surface area contributed by atoms with E-state index in [1.807, 2.05) is 45.0 Å². The molecule has 4 rings (SSSR count). The molecule has 3 heterocycles. The first-order valence-electron chi connectivity index (χ1n) is 8.66. The fourth-order valence-electron chi connectivity index (χ4n) is 3.14. The van der Waals surface area contributed by atoms with E-state index in [9.17, 15) is 9.59 Å². The molecule has 5 nitrogen and oxygen atoms in total. The zero-order chi connectivity index (χ0) is 19.1. The lowest BCUT2D eigenvalue weighted by Gasteiger charge is -2.09. The number of aryl methyl sites for hydroxylation is 2. The summed E-state index contributed by atoms with van der Waals surface area (Å²) in [7, 11) is 0. The number of H-pyrrole nitrogens is 2. The van der Waals surface area contributed by atoms with E-state index in [1.165, 1.54) is 23.1 Å². The van der Waals surface area contributed by atoms with E-state index >= 15 is 0 Å². The Balaban J connectivity index is 1.54. The molecule has 1 atom stereocenters. The number of carbonyl (C=O) groups excluding carboxylic acids is 1. The van der Waals surface area contributed by atoms with Crippen LogP contribution in [0.2, 0.25) is 0 Å². The van der Waals surface area contributed by atoms with Gasteiger partial charge in [-0.2, -0.15) is 0 Å². The lowest BCUT2D eigenvalue weighted by molar-refractivity contribution is 0.0995. The summed E-state index contributed by atoms with van der Waals surface area (Å²) in [4.78, 5) is 37.7. The first-order valence-corrected chi connectivity index (χ1v) is 10.5. The number of nitrogens with zero attached hydrogens (tertiary/aromatic N) is 1. The smallest absolute Gasteiger partial charge is 0.259 e. The van der Waals surface area contributed by atoms with Crippen LogP contribution in [-0.2, 0) is 5.75 Å². The number of nitrogens with one attached hydrogen (secondary N) is 2. The molecule has 0 fully saturated rings. The fraction of sp³-hybridized carbons (Fsp3) is 0.250. The summed E-state index contributed by atoms with van der Waals surface area (Å²) in [5.74, 6) is 1.16. The topological polar surface area (TPSA) is 78.6 Å². The molecule has 7 heteroatoms. The van der Waals surface area contributed by atoms with Gasteiger partial charge in [-0.15, -0.1) is 23.1 Å². The van der Waals surface area contributed by atoms with E-state index in [4.69, 9.17) is 0 Å². The van der Waals surface area contributed by atoms with E-state index in [2.05, 4.69) is 15.0 Å². The van der Waals surface area contributed by atoms with Gasteiger partial charge in [0.05, 0.1) is 16.4 Å². The molecule has 4 aromatic rings. The summed E-state index contributed by atoms with van der Waals surface area (Å²) in [5, 5.41) is 1.37. The van der Waals surface area contributed by atoms with Crippen LogP contribution < -0.4 is 5.56 Å². The molecule has 0 aliphatic rings. The van der Waals surface area contributed by atoms with E-state index in [0.717, 1.165) is 26.2 Å². The van der Waals surface area contributed by atoms with Crippen molar-refractivity contribution >= 4 is 50.0 Å². The number of hydrogen-bond donors (Lipinski definition) is 2. The average Bonchev–Trinajstić information content (AvgIpc) is 3.20. The summed E-state index contributed by atoms with van der Waals surface area (Å²) in [6, 6.07) is 7.78. The molecule has 138 valence electrons. The summed E-state index contributed by atoms with van der Waals surface area (Å²) >= 11 is 3.02. The Bertz CT molecular complexity index is 1220. The number of fused-ring (bicyclic) bond motifs is 2. The van der Waals surface area contributed by atoms with Crippen LogP contribution in [0.4, 0.5) is 0 Å². The summed E-state index contributed by atoms with van der Waals surface area (Å²) in [6.07, 6.45) is 1.77. The van der Waals surface area contributed by atoms with Gasteiger partial charge in [0.1, 0.15) is 10.7 Å². The molecule has 0 bridgehead atoms. The van der Waals surface area contributed by atoms with Gasteiger partial charge in [-0.05, 0) is 32.4 Å². The molecule has 0 amide bonds. The quantitative estimate of drug-likeness (QED) is 0.483. The van der Waals surface area contributed by atoms with Crippen LogP contribution in [0, 0.1) is 13.8 Å². The first kappa shape index (κ1) is 18.0. The first-order chi connectivity index (χ1) is 13.0. The molecule has 0 aliphatic heterocycles. The minimum Gasteiger partial charge on any atom is -0.360 e. The Morgan fingerprint density at radius 1 is 1.30 bits per heavy atom. The van der Waals surface area contributed by atoms with Crippen molar-refractivity contribution in [2.24, 2.45) is 0 Å². The van der Waals surface area contributed by atoms with Gasteiger partial charge in [-0.3, -0.25) is 9.59 Å². The molecule has 0 saturated carbocycles. The highest BCUT2D eigenvalue weighted by atomic mass is 32.2. The number of hydrogen-bond acceptors (Lipinski definition) is 5. The van der Waals surface area contributed by atoms with Gasteiger partial charge in [0, 0.05) is 27.5 Å². The molecule has 0 unspecified atom stereocenters. The number of carbonyl (C=O) groups is 1. The molecular weight excluding hydrogens is 378 g/mol. The van der Waals surface area contributed by atoms with E-state index in [0.29, 0.717) is 22.5 Å². The number of benzene rings is 1. The largest absolute Gasteiger partial charge is 0.360 e. The third-order valence-electron chi connectivity index (χ3n) is 4.78. The van der Waals surface area contributed by atoms with Crippen molar-refractivity contribution in [2.75, 3.05) is 0 Å². The molecule has 1 aromatic carbocycles. The number of thiophene rings is 1. The number of rotatable bonds is 5. The monoisotopic (exact) mass is 397 g/mol. The molecule has 3 aromatic heterocycles. The van der Waals surface area contributed by atoms with Gasteiger partial charge in [0.15, 0.2) is 5.78 Å². The normalized spacial score (nSPS) is 12.7. The van der Waals surface area contributed by atoms with Crippen LogP contribution in [0.25, 0.3) is 21.1 Å². The molecular formula is C20H19N3O2S2. The molecule has 27 heavy (non-hydrogen) atoms. The lowest BCUT2D eigenvalue weighted by Crippen LogP contribution is -2.15. The highest BCUT2D eigenvalue weighted by Gasteiger charge is 2.20. The molecule has 2 N–H and O–H groups in total. The van der Waals surface area contributed by atoms with Crippen molar-refractivity contribution in [1.29, 1.82) is 0 Å². The van der Waals surface area contributed by atoms with Gasteiger partial charge >= 0.3 is 0 Å². The van der Waals surface area contributed by atoms with Gasteiger partial charge in [0.25, 0.3) is 5.56 Å². The summed E-state index contributed by atoms with van der Waals surface area (Å²) in [5.41, 5.74) is 2.55. The van der Waals surface area contributed by atoms with Crippen molar-refractivity contribution in [2.45, 2.75) is 31.8 Å². The average molecular weight is 398 g/mol. The second kappa shape index (κ2) is 6.98. The van der Waals surface area contributed by atoms with Crippen molar-refractivity contribution < 1.29 is 4.79 Å². The SMILES string of the molecule is Cc1sc2nc(CS[C@@H](C)C(=O)c3c[nH]c4ccccc34)[nH]c(=O)c2c1C. The van der Waals surface area contributed by atoms with Gasteiger partial charge < -0.3 is 9.97 Å². The van der Waals surface area contributed by atoms with E-state index in [-0.39, 0.29) is 16.6 Å². The molecule has 0 aliphatic carbocycles. The Hall–Kier alpha value is -2.38. The van der Waals surface area contributed by atoms with Crippen LogP contribution in [-0.4, -0.2) is 26.0 Å². The third-order valence-corrected chi connectivity index (χ3v) is 7.04. The van der Waals surface area contributed by atoms with E-state index in [1.54, 1.807) is 6.20 Å². The fourth-order valence-corrected chi connectivity index (χ4v) is 5.01. The maximum absolute atomic E-state index is 12.8. The predicted octanol–water partition coefficient (Wildman–Crippen LogP) is 4.59. The summed E-state index contributed by atoms with van der Waals surface area (Å²) < 4.78 is 0. The highest BCUT2D eigenvalue weighted by molar-refractivity contribution is 7.99. The minimum atomic E-state index is -0.239. The van der Waals surface area contributed by atoms with Crippen molar-refractivity contribution in [3.8, 4) is 0 Å². The van der Waals surface area contributed by atoms with Crippen molar-refractivity contribution in [1.82, 2.24) is 15.0 Å². The van der Waals surface area contributed by atoms with Crippen molar-refractivity contribution in [3.05, 3.63) is 62.6 Å². The Labute approximate surface area is 164 Å². The maximum atomic E-state index is 12.8. The minimum absolute atomic E-state index is 0.0729. The van der Waals surface area contributed by atoms with Gasteiger partial charge in [0.2, 0.25) is 0 Å². The molecule has 0 radical (unpaired) electrons. The van der Waals surface area contributed by atoms with Crippen LogP contribution in [0.3, 0.4) is 0 Å². The Morgan fingerprint density at radius 2 is 2.07 bits per heavy atom. The number of para-hydroxylation sites is 1. The van der Waals surface area contributed by atoms with Crippen molar-refractivity contribution in [3.63, 3.8) is 0 Å².